The summed E-state index contributed by atoms with van der Waals surface area (Å²) in [5.74, 6) is 2.86. The number of aryl methyl sites for hydroxylation is 2. The molecule has 0 aliphatic carbocycles. The molecule has 0 spiro atoms. The van der Waals surface area contributed by atoms with E-state index in [9.17, 15) is 0 Å². The van der Waals surface area contributed by atoms with Gasteiger partial charge in [-0.05, 0) is 45.2 Å². The van der Waals surface area contributed by atoms with Gasteiger partial charge in [0.25, 0.3) is 0 Å². The van der Waals surface area contributed by atoms with E-state index < -0.39 is 0 Å². The zero-order valence-electron chi connectivity index (χ0n) is 12.7. The minimum absolute atomic E-state index is 0.448. The standard InChI is InChI=1S/C16H29NO/c1-6-8-12(3)10-16(17-9-7-2)15-11-13(4)18-14(15)5/h11-12,16-17H,6-10H2,1-5H3. The van der Waals surface area contributed by atoms with Crippen molar-refractivity contribution >= 4 is 0 Å². The molecule has 1 N–H and O–H groups in total. The molecule has 0 aromatic carbocycles. The fourth-order valence-electron chi connectivity index (χ4n) is 2.65. The van der Waals surface area contributed by atoms with Crippen molar-refractivity contribution in [2.24, 2.45) is 5.92 Å². The van der Waals surface area contributed by atoms with Crippen molar-refractivity contribution in [3.8, 4) is 0 Å². The van der Waals surface area contributed by atoms with Crippen LogP contribution in [0.1, 0.15) is 69.6 Å². The molecule has 0 fully saturated rings. The molecule has 1 heterocycles. The lowest BCUT2D eigenvalue weighted by Crippen LogP contribution is -2.24. The summed E-state index contributed by atoms with van der Waals surface area (Å²) in [6, 6.07) is 2.64. The average Bonchev–Trinajstić information content (AvgIpc) is 2.64. The summed E-state index contributed by atoms with van der Waals surface area (Å²) < 4.78 is 5.68. The van der Waals surface area contributed by atoms with E-state index in [4.69, 9.17) is 4.42 Å². The molecule has 2 heteroatoms. The van der Waals surface area contributed by atoms with Crippen LogP contribution >= 0.6 is 0 Å². The Morgan fingerprint density at radius 2 is 1.94 bits per heavy atom. The van der Waals surface area contributed by atoms with Crippen LogP contribution < -0.4 is 5.32 Å². The van der Waals surface area contributed by atoms with Crippen LogP contribution in [0.3, 0.4) is 0 Å². The first-order valence-electron chi connectivity index (χ1n) is 7.38. The quantitative estimate of drug-likeness (QED) is 0.720. The molecule has 0 saturated heterocycles. The summed E-state index contributed by atoms with van der Waals surface area (Å²) in [5.41, 5.74) is 1.35. The van der Waals surface area contributed by atoms with Crippen molar-refractivity contribution in [1.82, 2.24) is 5.32 Å². The lowest BCUT2D eigenvalue weighted by molar-refractivity contribution is 0.385. The van der Waals surface area contributed by atoms with Crippen LogP contribution in [0.4, 0.5) is 0 Å². The molecule has 1 aromatic heterocycles. The number of rotatable bonds is 8. The molecule has 0 bridgehead atoms. The summed E-state index contributed by atoms with van der Waals surface area (Å²) in [6.07, 6.45) is 4.95. The van der Waals surface area contributed by atoms with Crippen molar-refractivity contribution < 1.29 is 4.42 Å². The molecular formula is C16H29NO. The second-order valence-corrected chi connectivity index (χ2v) is 5.50. The number of hydrogen-bond acceptors (Lipinski definition) is 2. The monoisotopic (exact) mass is 251 g/mol. The molecule has 2 unspecified atom stereocenters. The number of nitrogens with one attached hydrogen (secondary N) is 1. The predicted octanol–water partition coefficient (Wildman–Crippen LogP) is 4.76. The maximum absolute atomic E-state index is 5.68. The van der Waals surface area contributed by atoms with Crippen molar-refractivity contribution in [3.63, 3.8) is 0 Å². The Kier molecular flexibility index (Phi) is 6.48. The van der Waals surface area contributed by atoms with Crippen LogP contribution in [0, 0.1) is 19.8 Å². The van der Waals surface area contributed by atoms with Crippen LogP contribution in [0.5, 0.6) is 0 Å². The van der Waals surface area contributed by atoms with Gasteiger partial charge in [0.15, 0.2) is 0 Å². The summed E-state index contributed by atoms with van der Waals surface area (Å²) >= 11 is 0. The molecule has 2 atom stereocenters. The molecule has 0 radical (unpaired) electrons. The van der Waals surface area contributed by atoms with E-state index in [0.29, 0.717) is 6.04 Å². The van der Waals surface area contributed by atoms with Gasteiger partial charge < -0.3 is 9.73 Å². The van der Waals surface area contributed by atoms with Gasteiger partial charge in [-0.15, -0.1) is 0 Å². The zero-order chi connectivity index (χ0) is 13.5. The maximum atomic E-state index is 5.68. The van der Waals surface area contributed by atoms with Crippen LogP contribution in [0.2, 0.25) is 0 Å². The minimum atomic E-state index is 0.448. The Bertz CT molecular complexity index is 343. The van der Waals surface area contributed by atoms with Gasteiger partial charge in [0, 0.05) is 11.6 Å². The van der Waals surface area contributed by atoms with E-state index in [2.05, 4.69) is 39.1 Å². The van der Waals surface area contributed by atoms with E-state index in [-0.39, 0.29) is 0 Å². The van der Waals surface area contributed by atoms with E-state index in [0.717, 1.165) is 24.0 Å². The first kappa shape index (κ1) is 15.3. The fourth-order valence-corrected chi connectivity index (χ4v) is 2.65. The molecule has 1 rings (SSSR count). The second kappa shape index (κ2) is 7.63. The zero-order valence-corrected chi connectivity index (χ0v) is 12.7. The van der Waals surface area contributed by atoms with E-state index >= 15 is 0 Å². The summed E-state index contributed by atoms with van der Waals surface area (Å²) in [6.45, 7) is 12.0. The molecule has 18 heavy (non-hydrogen) atoms. The number of hydrogen-bond donors (Lipinski definition) is 1. The van der Waals surface area contributed by atoms with Crippen LogP contribution in [0.25, 0.3) is 0 Å². The van der Waals surface area contributed by atoms with Gasteiger partial charge in [0.2, 0.25) is 0 Å². The lowest BCUT2D eigenvalue weighted by atomic mass is 9.93. The molecular weight excluding hydrogens is 222 g/mol. The molecule has 1 aromatic rings. The van der Waals surface area contributed by atoms with Crippen LogP contribution in [0.15, 0.2) is 10.5 Å². The third kappa shape index (κ3) is 4.49. The molecule has 0 amide bonds. The third-order valence-corrected chi connectivity index (χ3v) is 3.52. The molecule has 0 aliphatic rings. The van der Waals surface area contributed by atoms with Crippen molar-refractivity contribution in [1.29, 1.82) is 0 Å². The van der Waals surface area contributed by atoms with Gasteiger partial charge in [0.05, 0.1) is 0 Å². The van der Waals surface area contributed by atoms with E-state index in [1.807, 2.05) is 6.92 Å². The highest BCUT2D eigenvalue weighted by Crippen LogP contribution is 2.28. The smallest absolute Gasteiger partial charge is 0.105 e. The molecule has 0 saturated carbocycles. The fraction of sp³-hybridized carbons (Fsp3) is 0.750. The van der Waals surface area contributed by atoms with Gasteiger partial charge in [0.1, 0.15) is 11.5 Å². The summed E-state index contributed by atoms with van der Waals surface area (Å²) in [5, 5.41) is 3.67. The lowest BCUT2D eigenvalue weighted by Gasteiger charge is -2.22. The molecule has 2 nitrogen and oxygen atoms in total. The second-order valence-electron chi connectivity index (χ2n) is 5.50. The highest BCUT2D eigenvalue weighted by Gasteiger charge is 2.18. The maximum Gasteiger partial charge on any atom is 0.105 e. The van der Waals surface area contributed by atoms with E-state index in [1.54, 1.807) is 0 Å². The summed E-state index contributed by atoms with van der Waals surface area (Å²) in [4.78, 5) is 0. The van der Waals surface area contributed by atoms with Gasteiger partial charge in [-0.3, -0.25) is 0 Å². The highest BCUT2D eigenvalue weighted by molar-refractivity contribution is 5.24. The van der Waals surface area contributed by atoms with Crippen molar-refractivity contribution in [2.45, 2.75) is 66.3 Å². The normalized spacial score (nSPS) is 14.7. The highest BCUT2D eigenvalue weighted by atomic mass is 16.3. The predicted molar refractivity (Wildman–Crippen MR) is 77.9 cm³/mol. The third-order valence-electron chi connectivity index (χ3n) is 3.52. The summed E-state index contributed by atoms with van der Waals surface area (Å²) in [7, 11) is 0. The van der Waals surface area contributed by atoms with Gasteiger partial charge in [-0.1, -0.05) is 33.6 Å². The van der Waals surface area contributed by atoms with Crippen LogP contribution in [-0.2, 0) is 0 Å². The Morgan fingerprint density at radius 3 is 2.44 bits per heavy atom. The Labute approximate surface area is 112 Å². The minimum Gasteiger partial charge on any atom is -0.466 e. The largest absolute Gasteiger partial charge is 0.466 e. The van der Waals surface area contributed by atoms with Crippen molar-refractivity contribution in [2.75, 3.05) is 6.54 Å². The topological polar surface area (TPSA) is 25.2 Å². The van der Waals surface area contributed by atoms with Gasteiger partial charge in [-0.25, -0.2) is 0 Å². The van der Waals surface area contributed by atoms with Gasteiger partial charge in [-0.2, -0.15) is 0 Å². The Hall–Kier alpha value is -0.760. The number of furan rings is 1. The average molecular weight is 251 g/mol. The SMILES string of the molecule is CCCNC(CC(C)CCC)c1cc(C)oc1C. The first-order valence-corrected chi connectivity index (χ1v) is 7.38. The van der Waals surface area contributed by atoms with E-state index in [1.165, 1.54) is 31.2 Å². The van der Waals surface area contributed by atoms with Crippen molar-refractivity contribution in [3.05, 3.63) is 23.2 Å². The Balaban J connectivity index is 2.74. The molecule has 0 aliphatic heterocycles. The Morgan fingerprint density at radius 1 is 1.22 bits per heavy atom. The first-order chi connectivity index (χ1) is 8.58. The van der Waals surface area contributed by atoms with Crippen LogP contribution in [-0.4, -0.2) is 6.54 Å². The van der Waals surface area contributed by atoms with Gasteiger partial charge >= 0.3 is 0 Å². The molecule has 104 valence electrons.